The largest absolute Gasteiger partial charge is 0.472 e. The Morgan fingerprint density at radius 3 is 1.75 bits per heavy atom. The number of carbonyl (C=O) groups is 2. The van der Waals surface area contributed by atoms with Gasteiger partial charge < -0.3 is 34.2 Å². The highest BCUT2D eigenvalue weighted by Crippen LogP contribution is 2.43. The number of ether oxygens (including phenoxy) is 2. The lowest BCUT2D eigenvalue weighted by atomic mass is 10.1. The predicted octanol–water partition coefficient (Wildman–Crippen LogP) is 9.04. The molecule has 0 aromatic rings. The number of carbonyl (C=O) groups excluding carboxylic acids is 2. The van der Waals surface area contributed by atoms with Gasteiger partial charge in [-0.2, -0.15) is 0 Å². The fourth-order valence-electron chi connectivity index (χ4n) is 4.86. The summed E-state index contributed by atoms with van der Waals surface area (Å²) in [6.45, 7) is 3.61. The summed E-state index contributed by atoms with van der Waals surface area (Å²) in [6, 6.07) is 0. The van der Waals surface area contributed by atoms with Crippen LogP contribution in [-0.4, -0.2) is 109 Å². The van der Waals surface area contributed by atoms with Crippen molar-refractivity contribution in [3.8, 4) is 0 Å². The minimum Gasteiger partial charge on any atom is -0.462 e. The van der Waals surface area contributed by atoms with Crippen LogP contribution in [0.5, 0.6) is 0 Å². The Kier molecular flexibility index (Phi) is 35.7. The highest BCUT2D eigenvalue weighted by atomic mass is 31.2. The maximum atomic E-state index is 12.7. The van der Waals surface area contributed by atoms with Gasteiger partial charge in [0.1, 0.15) is 19.8 Å². The summed E-state index contributed by atoms with van der Waals surface area (Å²) >= 11 is 0. The molecule has 5 atom stereocenters. The van der Waals surface area contributed by atoms with E-state index in [0.717, 1.165) is 38.5 Å². The molecule has 0 aromatic heterocycles. The molecule has 61 heavy (non-hydrogen) atoms. The number of aliphatic hydroxyl groups is 3. The van der Waals surface area contributed by atoms with Crippen molar-refractivity contribution in [3.05, 3.63) is 122 Å². The van der Waals surface area contributed by atoms with Gasteiger partial charge in [0.05, 0.1) is 46.1 Å². The molecule has 12 nitrogen and oxygen atoms in total. The number of likely N-dealkylation sites (N-methyl/N-ethyl adjacent to an activating group) is 1. The first-order chi connectivity index (χ1) is 29.2. The molecule has 1 unspecified atom stereocenters. The lowest BCUT2D eigenvalue weighted by Gasteiger charge is -2.24. The molecule has 344 valence electrons. The smallest absolute Gasteiger partial charge is 0.462 e. The summed E-state index contributed by atoms with van der Waals surface area (Å²) in [6.07, 6.45) is 42.1. The fraction of sp³-hybridized carbons (Fsp3) is 0.542. The molecule has 0 saturated heterocycles. The average Bonchev–Trinajstić information content (AvgIpc) is 3.20. The van der Waals surface area contributed by atoms with E-state index in [1.54, 1.807) is 42.5 Å². The van der Waals surface area contributed by atoms with E-state index in [9.17, 15) is 34.4 Å². The van der Waals surface area contributed by atoms with Gasteiger partial charge >= 0.3 is 19.8 Å². The summed E-state index contributed by atoms with van der Waals surface area (Å²) in [4.78, 5) is 35.4. The van der Waals surface area contributed by atoms with Crippen molar-refractivity contribution in [2.75, 3.05) is 47.5 Å². The van der Waals surface area contributed by atoms with Gasteiger partial charge in [0.15, 0.2) is 6.10 Å². The molecule has 0 fully saturated rings. The van der Waals surface area contributed by atoms with Crippen LogP contribution < -0.4 is 0 Å². The van der Waals surface area contributed by atoms with E-state index < -0.39 is 57.4 Å². The molecule has 0 aliphatic heterocycles. The molecule has 0 spiro atoms. The molecule has 0 aliphatic carbocycles. The van der Waals surface area contributed by atoms with Crippen molar-refractivity contribution in [1.82, 2.24) is 0 Å². The Bertz CT molecular complexity index is 1500. The van der Waals surface area contributed by atoms with Gasteiger partial charge in [-0.25, -0.2) is 4.57 Å². The first-order valence-electron chi connectivity index (χ1n) is 21.6. The Hall–Kier alpha value is -3.71. The van der Waals surface area contributed by atoms with E-state index in [4.69, 9.17) is 18.5 Å². The number of allylic oxidation sites excluding steroid dienone is 17. The molecular weight excluding hydrogens is 797 g/mol. The summed E-state index contributed by atoms with van der Waals surface area (Å²) < 4.78 is 33.9. The Morgan fingerprint density at radius 2 is 1.16 bits per heavy atom. The third-order valence-electron chi connectivity index (χ3n) is 8.33. The van der Waals surface area contributed by atoms with Crippen LogP contribution in [0.2, 0.25) is 0 Å². The minimum absolute atomic E-state index is 0.0427. The molecule has 0 saturated carbocycles. The van der Waals surface area contributed by atoms with Gasteiger partial charge in [0, 0.05) is 12.8 Å². The predicted molar refractivity (Wildman–Crippen MR) is 246 cm³/mol. The third-order valence-corrected chi connectivity index (χ3v) is 9.31. The number of nitrogens with zero attached hydrogens (tertiary/aromatic N) is 1. The van der Waals surface area contributed by atoms with Gasteiger partial charge in [-0.1, -0.05) is 135 Å². The number of aliphatic hydroxyl groups excluding tert-OH is 3. The van der Waals surface area contributed by atoms with E-state index in [-0.39, 0.29) is 32.3 Å². The van der Waals surface area contributed by atoms with Gasteiger partial charge in [0.2, 0.25) is 0 Å². The topological polar surface area (TPSA) is 169 Å². The second-order valence-electron chi connectivity index (χ2n) is 15.2. The lowest BCUT2D eigenvalue weighted by Crippen LogP contribution is -2.37. The van der Waals surface area contributed by atoms with Crippen LogP contribution in [0.1, 0.15) is 97.3 Å². The van der Waals surface area contributed by atoms with Gasteiger partial charge in [-0.05, 0) is 70.6 Å². The number of hydrogen-bond donors (Lipinski definition) is 4. The second kappa shape index (κ2) is 38.0. The fourth-order valence-corrected chi connectivity index (χ4v) is 5.60. The lowest BCUT2D eigenvalue weighted by molar-refractivity contribution is -0.870. The maximum Gasteiger partial charge on any atom is 0.472 e. The highest BCUT2D eigenvalue weighted by molar-refractivity contribution is 7.47. The van der Waals surface area contributed by atoms with Crippen molar-refractivity contribution in [2.45, 2.75) is 122 Å². The molecular formula is C48H77NO11P+. The van der Waals surface area contributed by atoms with Crippen LogP contribution in [0, 0.1) is 0 Å². The Morgan fingerprint density at radius 1 is 0.639 bits per heavy atom. The van der Waals surface area contributed by atoms with E-state index in [1.807, 2.05) is 52.4 Å². The van der Waals surface area contributed by atoms with E-state index >= 15 is 0 Å². The van der Waals surface area contributed by atoms with Crippen molar-refractivity contribution in [2.24, 2.45) is 0 Å². The molecule has 13 heteroatoms. The Balaban J connectivity index is 4.82. The quantitative estimate of drug-likeness (QED) is 0.0118. The van der Waals surface area contributed by atoms with E-state index in [2.05, 4.69) is 55.5 Å². The van der Waals surface area contributed by atoms with Gasteiger partial charge in [-0.15, -0.1) is 0 Å². The zero-order valence-electron chi connectivity index (χ0n) is 37.4. The number of rotatable bonds is 36. The van der Waals surface area contributed by atoms with E-state index in [1.165, 1.54) is 6.08 Å². The van der Waals surface area contributed by atoms with Crippen molar-refractivity contribution < 1.29 is 57.4 Å². The van der Waals surface area contributed by atoms with Crippen LogP contribution in [0.3, 0.4) is 0 Å². The SMILES string of the molecule is CC/C=C\C/C=C\C/C=C\C/C=C\C/C=C\CCCC(=O)O[C@H](COC(=O)CCC[C@H](O)[C@@H](O)\C=C/C=C\C=C\C=C\[C@H](O)C/C=C\CC)COP(=O)(O)OCC[N+](C)(C)C. The number of esters is 2. The molecule has 0 amide bonds. The zero-order chi connectivity index (χ0) is 45.5. The number of unbranched alkanes of at least 4 members (excludes halogenated alkanes) is 1. The molecule has 0 radical (unpaired) electrons. The molecule has 0 aliphatic rings. The zero-order valence-corrected chi connectivity index (χ0v) is 38.3. The van der Waals surface area contributed by atoms with Gasteiger partial charge in [-0.3, -0.25) is 18.6 Å². The molecule has 0 heterocycles. The summed E-state index contributed by atoms with van der Waals surface area (Å²) in [5, 5.41) is 30.5. The standard InChI is InChI=1S/C48H76NO11P/c1-6-8-10-11-12-13-14-15-16-17-18-19-20-21-22-27-31-37-48(54)60-44(42-59-61(55,56)58-40-39-49(3,4)5)41-57-47(53)38-32-36-46(52)45(51)35-30-26-24-23-25-29-34-43(50)33-28-9-7-2/h8-10,12-13,15-16,18-19,21-26,28-30,34-35,43-46,50-52H,6-7,11,14,17,20,27,31-33,36-42H2,1-5H3/p+1/b10-8-,13-12-,16-15-,19-18-,22-21-,25-23+,26-24-,28-9-,34-29+,35-30-/t43-,44-,45+,46+/m1/s1. The number of phosphoric ester groups is 1. The second-order valence-corrected chi connectivity index (χ2v) is 16.6. The molecule has 0 bridgehead atoms. The van der Waals surface area contributed by atoms with Crippen LogP contribution >= 0.6 is 7.82 Å². The molecule has 4 N–H and O–H groups in total. The van der Waals surface area contributed by atoms with Crippen molar-refractivity contribution in [3.63, 3.8) is 0 Å². The summed E-state index contributed by atoms with van der Waals surface area (Å²) in [5.41, 5.74) is 0. The maximum absolute atomic E-state index is 12.7. The summed E-state index contributed by atoms with van der Waals surface area (Å²) in [7, 11) is 1.22. The number of quaternary nitrogens is 1. The summed E-state index contributed by atoms with van der Waals surface area (Å²) in [5.74, 6) is -1.22. The monoisotopic (exact) mass is 875 g/mol. The van der Waals surface area contributed by atoms with Crippen LogP contribution in [0.25, 0.3) is 0 Å². The van der Waals surface area contributed by atoms with Crippen LogP contribution in [0.4, 0.5) is 0 Å². The van der Waals surface area contributed by atoms with Crippen LogP contribution in [-0.2, 0) is 32.7 Å². The Labute approximate surface area is 366 Å². The molecule has 0 rings (SSSR count). The molecule has 0 aromatic carbocycles. The average molecular weight is 875 g/mol. The number of hydrogen-bond acceptors (Lipinski definition) is 10. The van der Waals surface area contributed by atoms with E-state index in [0.29, 0.717) is 30.3 Å². The highest BCUT2D eigenvalue weighted by Gasteiger charge is 2.27. The third kappa shape index (κ3) is 40.1. The number of phosphoric acid groups is 1. The minimum atomic E-state index is -4.48. The van der Waals surface area contributed by atoms with Crippen LogP contribution in [0.15, 0.2) is 122 Å². The normalized spacial score (nSPS) is 16.3. The van der Waals surface area contributed by atoms with Crippen molar-refractivity contribution in [1.29, 1.82) is 0 Å². The van der Waals surface area contributed by atoms with Gasteiger partial charge in [0.25, 0.3) is 0 Å². The van der Waals surface area contributed by atoms with Crippen molar-refractivity contribution >= 4 is 19.8 Å². The first kappa shape index (κ1) is 57.3. The first-order valence-corrected chi connectivity index (χ1v) is 23.1.